The van der Waals surface area contributed by atoms with Gasteiger partial charge in [-0.15, -0.1) is 22.7 Å². The third kappa shape index (κ3) is 3.71. The molecule has 2 heterocycles. The maximum absolute atomic E-state index is 12.7. The fraction of sp³-hybridized carbons (Fsp3) is 0.200. The first kappa shape index (κ1) is 18.4. The highest BCUT2D eigenvalue weighted by molar-refractivity contribution is 7.20. The van der Waals surface area contributed by atoms with Crippen molar-refractivity contribution in [1.82, 2.24) is 0 Å². The number of hydrogen-bond donors (Lipinski definition) is 1. The molecular weight excluding hydrogens is 366 g/mol. The van der Waals surface area contributed by atoms with E-state index in [4.69, 9.17) is 4.74 Å². The summed E-state index contributed by atoms with van der Waals surface area (Å²) in [5.41, 5.74) is 2.97. The highest BCUT2D eigenvalue weighted by Crippen LogP contribution is 2.36. The van der Waals surface area contributed by atoms with Crippen LogP contribution in [0.15, 0.2) is 41.8 Å². The molecule has 1 amide bonds. The van der Waals surface area contributed by atoms with Gasteiger partial charge in [0.05, 0.1) is 17.7 Å². The minimum atomic E-state index is -0.431. The molecule has 6 heteroatoms. The molecule has 0 atom stereocenters. The molecule has 0 bridgehead atoms. The van der Waals surface area contributed by atoms with Gasteiger partial charge >= 0.3 is 5.97 Å². The van der Waals surface area contributed by atoms with Gasteiger partial charge in [0.1, 0.15) is 5.00 Å². The molecule has 2 aromatic heterocycles. The van der Waals surface area contributed by atoms with Crippen LogP contribution < -0.4 is 5.32 Å². The lowest BCUT2D eigenvalue weighted by Crippen LogP contribution is -2.14. The van der Waals surface area contributed by atoms with Crippen LogP contribution in [0.25, 0.3) is 10.4 Å². The number of carbonyl (C=O) groups is 2. The molecule has 0 spiro atoms. The van der Waals surface area contributed by atoms with Crippen LogP contribution in [-0.4, -0.2) is 18.5 Å². The second kappa shape index (κ2) is 7.85. The Hall–Kier alpha value is -2.44. The highest BCUT2D eigenvalue weighted by Gasteiger charge is 2.21. The SMILES string of the molecule is CCOC(=O)c1cc(-c2ccccc2)sc1NC(=O)c1csc(C)c1C. The van der Waals surface area contributed by atoms with Gasteiger partial charge in [0.15, 0.2) is 0 Å². The van der Waals surface area contributed by atoms with Crippen LogP contribution in [0.2, 0.25) is 0 Å². The monoisotopic (exact) mass is 385 g/mol. The van der Waals surface area contributed by atoms with E-state index in [0.29, 0.717) is 16.1 Å². The molecule has 3 aromatic rings. The molecule has 0 fully saturated rings. The number of nitrogens with one attached hydrogen (secondary N) is 1. The molecule has 0 saturated carbocycles. The Labute approximate surface area is 160 Å². The molecule has 1 aromatic carbocycles. The van der Waals surface area contributed by atoms with Gasteiger partial charge in [0.2, 0.25) is 0 Å². The average molecular weight is 386 g/mol. The zero-order valence-electron chi connectivity index (χ0n) is 14.8. The van der Waals surface area contributed by atoms with Crippen molar-refractivity contribution in [2.75, 3.05) is 11.9 Å². The Kier molecular flexibility index (Phi) is 5.54. The van der Waals surface area contributed by atoms with Crippen molar-refractivity contribution in [2.45, 2.75) is 20.8 Å². The Morgan fingerprint density at radius 2 is 1.85 bits per heavy atom. The largest absolute Gasteiger partial charge is 0.462 e. The van der Waals surface area contributed by atoms with E-state index in [-0.39, 0.29) is 12.5 Å². The van der Waals surface area contributed by atoms with Crippen molar-refractivity contribution in [3.05, 3.63) is 63.3 Å². The molecule has 3 rings (SSSR count). The maximum Gasteiger partial charge on any atom is 0.341 e. The Morgan fingerprint density at radius 3 is 2.46 bits per heavy atom. The molecule has 0 aliphatic rings. The van der Waals surface area contributed by atoms with Crippen molar-refractivity contribution in [3.63, 3.8) is 0 Å². The second-order valence-electron chi connectivity index (χ2n) is 5.72. The minimum Gasteiger partial charge on any atom is -0.462 e. The standard InChI is InChI=1S/C20H19NO3S2/c1-4-24-20(23)15-10-17(14-8-6-5-7-9-14)26-19(15)21-18(22)16-11-25-13(3)12(16)2/h5-11H,4H2,1-3H3,(H,21,22). The molecule has 1 N–H and O–H groups in total. The van der Waals surface area contributed by atoms with Crippen molar-refractivity contribution < 1.29 is 14.3 Å². The predicted octanol–water partition coefficient (Wildman–Crippen LogP) is 5.52. The summed E-state index contributed by atoms with van der Waals surface area (Å²) in [7, 11) is 0. The van der Waals surface area contributed by atoms with Gasteiger partial charge in [-0.05, 0) is 38.0 Å². The summed E-state index contributed by atoms with van der Waals surface area (Å²) < 4.78 is 5.15. The van der Waals surface area contributed by atoms with Gasteiger partial charge in [0.25, 0.3) is 5.91 Å². The van der Waals surface area contributed by atoms with Gasteiger partial charge in [-0.25, -0.2) is 4.79 Å². The molecule has 0 saturated heterocycles. The lowest BCUT2D eigenvalue weighted by molar-refractivity contribution is 0.0528. The minimum absolute atomic E-state index is 0.209. The smallest absolute Gasteiger partial charge is 0.341 e. The van der Waals surface area contributed by atoms with E-state index in [2.05, 4.69) is 5.32 Å². The van der Waals surface area contributed by atoms with E-state index in [9.17, 15) is 9.59 Å². The van der Waals surface area contributed by atoms with E-state index < -0.39 is 5.97 Å². The summed E-state index contributed by atoms with van der Waals surface area (Å²) in [6.07, 6.45) is 0. The summed E-state index contributed by atoms with van der Waals surface area (Å²) in [6.45, 7) is 5.96. The third-order valence-electron chi connectivity index (χ3n) is 4.04. The lowest BCUT2D eigenvalue weighted by Gasteiger charge is -2.06. The number of anilines is 1. The Bertz CT molecular complexity index is 941. The molecule has 4 nitrogen and oxygen atoms in total. The number of carbonyl (C=O) groups excluding carboxylic acids is 2. The first-order valence-electron chi connectivity index (χ1n) is 8.23. The van der Waals surface area contributed by atoms with E-state index in [1.165, 1.54) is 11.3 Å². The number of thiophene rings is 2. The van der Waals surface area contributed by atoms with E-state index >= 15 is 0 Å². The van der Waals surface area contributed by atoms with Crippen LogP contribution in [0.1, 0.15) is 38.1 Å². The third-order valence-corrected chi connectivity index (χ3v) is 6.16. The van der Waals surface area contributed by atoms with Gasteiger partial charge < -0.3 is 10.1 Å². The second-order valence-corrected chi connectivity index (χ2v) is 7.86. The number of amides is 1. The Morgan fingerprint density at radius 1 is 1.12 bits per heavy atom. The predicted molar refractivity (Wildman–Crippen MR) is 107 cm³/mol. The zero-order chi connectivity index (χ0) is 18.7. The first-order chi connectivity index (χ1) is 12.5. The normalized spacial score (nSPS) is 10.6. The van der Waals surface area contributed by atoms with Crippen LogP contribution in [0, 0.1) is 13.8 Å². The van der Waals surface area contributed by atoms with Crippen molar-refractivity contribution in [1.29, 1.82) is 0 Å². The number of rotatable bonds is 5. The molecular formula is C20H19NO3S2. The summed E-state index contributed by atoms with van der Waals surface area (Å²) in [5, 5.41) is 5.25. The molecule has 0 aliphatic carbocycles. The topological polar surface area (TPSA) is 55.4 Å². The van der Waals surface area contributed by atoms with Gasteiger partial charge in [-0.1, -0.05) is 30.3 Å². The number of aryl methyl sites for hydroxylation is 1. The number of hydrogen-bond acceptors (Lipinski definition) is 5. The van der Waals surface area contributed by atoms with Crippen LogP contribution in [0.4, 0.5) is 5.00 Å². The summed E-state index contributed by atoms with van der Waals surface area (Å²) >= 11 is 2.91. The number of esters is 1. The molecule has 0 radical (unpaired) electrons. The maximum atomic E-state index is 12.7. The van der Waals surface area contributed by atoms with Gasteiger partial charge in [-0.2, -0.15) is 0 Å². The lowest BCUT2D eigenvalue weighted by atomic mass is 10.1. The zero-order valence-corrected chi connectivity index (χ0v) is 16.4. The van der Waals surface area contributed by atoms with Crippen LogP contribution in [0.3, 0.4) is 0 Å². The van der Waals surface area contributed by atoms with Crippen molar-refractivity contribution in [2.24, 2.45) is 0 Å². The van der Waals surface area contributed by atoms with Crippen LogP contribution >= 0.6 is 22.7 Å². The van der Waals surface area contributed by atoms with Crippen molar-refractivity contribution in [3.8, 4) is 10.4 Å². The summed E-state index contributed by atoms with van der Waals surface area (Å²) in [6, 6.07) is 11.5. The molecule has 26 heavy (non-hydrogen) atoms. The fourth-order valence-electron chi connectivity index (χ4n) is 2.50. The van der Waals surface area contributed by atoms with Gasteiger partial charge in [-0.3, -0.25) is 4.79 Å². The van der Waals surface area contributed by atoms with Crippen LogP contribution in [0.5, 0.6) is 0 Å². The van der Waals surface area contributed by atoms with E-state index in [0.717, 1.165) is 20.9 Å². The number of benzene rings is 1. The van der Waals surface area contributed by atoms with Crippen molar-refractivity contribution >= 4 is 39.6 Å². The molecule has 0 aliphatic heterocycles. The first-order valence-corrected chi connectivity index (χ1v) is 9.93. The quantitative estimate of drug-likeness (QED) is 0.588. The summed E-state index contributed by atoms with van der Waals surface area (Å²) in [5.74, 6) is -0.640. The Balaban J connectivity index is 1.96. The molecule has 134 valence electrons. The van der Waals surface area contributed by atoms with Gasteiger partial charge in [0, 0.05) is 15.1 Å². The highest BCUT2D eigenvalue weighted by atomic mass is 32.1. The fourth-order valence-corrected chi connectivity index (χ4v) is 4.41. The van der Waals surface area contributed by atoms with E-state index in [1.54, 1.807) is 24.3 Å². The number of ether oxygens (including phenoxy) is 1. The van der Waals surface area contributed by atoms with E-state index in [1.807, 2.05) is 49.6 Å². The van der Waals surface area contributed by atoms with Crippen LogP contribution in [-0.2, 0) is 4.74 Å². The summed E-state index contributed by atoms with van der Waals surface area (Å²) in [4.78, 5) is 27.0. The average Bonchev–Trinajstić information content (AvgIpc) is 3.20. The molecule has 0 unspecified atom stereocenters.